The summed E-state index contributed by atoms with van der Waals surface area (Å²) in [5, 5.41) is 9.40. The van der Waals surface area contributed by atoms with Crippen molar-refractivity contribution in [3.63, 3.8) is 0 Å². The lowest BCUT2D eigenvalue weighted by molar-refractivity contribution is -0.137. The SMILES string of the molecule is COC(C)=O.Nc1cnccc1C1CCC(O)CC1. The Balaban J connectivity index is 0.000000312. The van der Waals surface area contributed by atoms with Gasteiger partial charge in [0.15, 0.2) is 0 Å². The molecule has 1 aromatic rings. The van der Waals surface area contributed by atoms with Gasteiger partial charge in [-0.1, -0.05) is 0 Å². The summed E-state index contributed by atoms with van der Waals surface area (Å²) in [6.07, 6.45) is 7.26. The van der Waals surface area contributed by atoms with Crippen LogP contribution in [0.4, 0.5) is 5.69 Å². The number of hydrogen-bond donors (Lipinski definition) is 2. The van der Waals surface area contributed by atoms with Gasteiger partial charge in [0, 0.05) is 13.1 Å². The van der Waals surface area contributed by atoms with Gasteiger partial charge in [-0.15, -0.1) is 0 Å². The molecular formula is C14H22N2O3. The molecule has 5 heteroatoms. The Morgan fingerprint density at radius 1 is 1.42 bits per heavy atom. The number of methoxy groups -OCH3 is 1. The Hall–Kier alpha value is -1.62. The molecule has 0 bridgehead atoms. The second-order valence-corrected chi connectivity index (χ2v) is 4.71. The summed E-state index contributed by atoms with van der Waals surface area (Å²) >= 11 is 0. The van der Waals surface area contributed by atoms with Crippen molar-refractivity contribution in [2.24, 2.45) is 0 Å². The predicted molar refractivity (Wildman–Crippen MR) is 73.6 cm³/mol. The van der Waals surface area contributed by atoms with Crippen LogP contribution in [-0.2, 0) is 9.53 Å². The van der Waals surface area contributed by atoms with Crippen molar-refractivity contribution < 1.29 is 14.6 Å². The summed E-state index contributed by atoms with van der Waals surface area (Å²) in [6.45, 7) is 1.36. The fraction of sp³-hybridized carbons (Fsp3) is 0.571. The van der Waals surface area contributed by atoms with Crippen molar-refractivity contribution in [2.75, 3.05) is 12.8 Å². The molecule has 19 heavy (non-hydrogen) atoms. The highest BCUT2D eigenvalue weighted by molar-refractivity contribution is 5.65. The third kappa shape index (κ3) is 5.26. The van der Waals surface area contributed by atoms with Gasteiger partial charge < -0.3 is 15.6 Å². The molecular weight excluding hydrogens is 244 g/mol. The predicted octanol–water partition coefficient (Wildman–Crippen LogP) is 1.86. The Bertz CT molecular complexity index is 401. The molecule has 1 aliphatic carbocycles. The zero-order chi connectivity index (χ0) is 14.3. The average Bonchev–Trinajstić information content (AvgIpc) is 2.41. The summed E-state index contributed by atoms with van der Waals surface area (Å²) in [5.74, 6) is 0.270. The quantitative estimate of drug-likeness (QED) is 0.758. The maximum Gasteiger partial charge on any atom is 0.302 e. The molecule has 106 valence electrons. The molecule has 3 N–H and O–H groups in total. The number of nitrogen functional groups attached to an aromatic ring is 1. The van der Waals surface area contributed by atoms with Crippen LogP contribution >= 0.6 is 0 Å². The second-order valence-electron chi connectivity index (χ2n) is 4.71. The number of rotatable bonds is 1. The number of ether oxygens (including phenoxy) is 1. The Labute approximate surface area is 113 Å². The van der Waals surface area contributed by atoms with E-state index in [2.05, 4.69) is 9.72 Å². The van der Waals surface area contributed by atoms with Gasteiger partial charge in [0.05, 0.1) is 25.1 Å². The first-order chi connectivity index (χ1) is 9.04. The molecule has 0 spiro atoms. The summed E-state index contributed by atoms with van der Waals surface area (Å²) in [6, 6.07) is 2.00. The monoisotopic (exact) mass is 266 g/mol. The lowest BCUT2D eigenvalue weighted by Crippen LogP contribution is -2.17. The molecule has 1 aliphatic rings. The highest BCUT2D eigenvalue weighted by Crippen LogP contribution is 2.34. The number of aromatic nitrogens is 1. The average molecular weight is 266 g/mol. The summed E-state index contributed by atoms with van der Waals surface area (Å²) in [5.41, 5.74) is 7.85. The van der Waals surface area contributed by atoms with Crippen LogP contribution in [0.2, 0.25) is 0 Å². The van der Waals surface area contributed by atoms with Gasteiger partial charge in [0.2, 0.25) is 0 Å². The molecule has 0 unspecified atom stereocenters. The van der Waals surface area contributed by atoms with E-state index in [1.807, 2.05) is 6.07 Å². The molecule has 1 aromatic heterocycles. The number of aliphatic hydroxyl groups excluding tert-OH is 1. The number of nitrogens with two attached hydrogens (primary N) is 1. The molecule has 1 heterocycles. The minimum absolute atomic E-state index is 0.102. The second kappa shape index (κ2) is 7.74. The first-order valence-corrected chi connectivity index (χ1v) is 6.46. The maximum absolute atomic E-state index is 9.59. The van der Waals surface area contributed by atoms with Crippen molar-refractivity contribution in [1.82, 2.24) is 4.98 Å². The highest BCUT2D eigenvalue weighted by Gasteiger charge is 2.21. The van der Waals surface area contributed by atoms with E-state index in [0.29, 0.717) is 5.92 Å². The molecule has 0 amide bonds. The minimum Gasteiger partial charge on any atom is -0.469 e. The first kappa shape index (κ1) is 15.4. The molecule has 1 saturated carbocycles. The fourth-order valence-electron chi connectivity index (χ4n) is 2.18. The number of aliphatic hydroxyl groups is 1. The van der Waals surface area contributed by atoms with Gasteiger partial charge >= 0.3 is 5.97 Å². The van der Waals surface area contributed by atoms with Crippen LogP contribution in [0, 0.1) is 0 Å². The number of carbonyl (C=O) groups excluding carboxylic acids is 1. The number of carbonyl (C=O) groups is 1. The zero-order valence-electron chi connectivity index (χ0n) is 11.5. The van der Waals surface area contributed by atoms with E-state index in [4.69, 9.17) is 5.73 Å². The van der Waals surface area contributed by atoms with Gasteiger partial charge in [-0.05, 0) is 43.2 Å². The van der Waals surface area contributed by atoms with E-state index < -0.39 is 0 Å². The van der Waals surface area contributed by atoms with E-state index in [0.717, 1.165) is 31.4 Å². The van der Waals surface area contributed by atoms with Gasteiger partial charge in [-0.3, -0.25) is 9.78 Å². The van der Waals surface area contributed by atoms with E-state index in [1.165, 1.54) is 19.6 Å². The molecule has 0 aromatic carbocycles. The largest absolute Gasteiger partial charge is 0.469 e. The van der Waals surface area contributed by atoms with E-state index >= 15 is 0 Å². The molecule has 0 saturated heterocycles. The number of hydrogen-bond acceptors (Lipinski definition) is 5. The van der Waals surface area contributed by atoms with Crippen LogP contribution in [0.5, 0.6) is 0 Å². The topological polar surface area (TPSA) is 85.4 Å². The maximum atomic E-state index is 9.59. The zero-order valence-corrected chi connectivity index (χ0v) is 11.5. The summed E-state index contributed by atoms with van der Waals surface area (Å²) in [4.78, 5) is 13.6. The van der Waals surface area contributed by atoms with E-state index in [-0.39, 0.29) is 12.1 Å². The van der Waals surface area contributed by atoms with Crippen molar-refractivity contribution in [2.45, 2.75) is 44.6 Å². The van der Waals surface area contributed by atoms with Crippen LogP contribution in [0.15, 0.2) is 18.5 Å². The molecule has 0 aliphatic heterocycles. The number of esters is 1. The Morgan fingerprint density at radius 2 is 2.00 bits per heavy atom. The van der Waals surface area contributed by atoms with E-state index in [1.54, 1.807) is 12.4 Å². The van der Waals surface area contributed by atoms with Crippen LogP contribution in [0.25, 0.3) is 0 Å². The van der Waals surface area contributed by atoms with Gasteiger partial charge in [-0.25, -0.2) is 0 Å². The Kier molecular flexibility index (Phi) is 6.29. The fourth-order valence-corrected chi connectivity index (χ4v) is 2.18. The summed E-state index contributed by atoms with van der Waals surface area (Å²) < 4.78 is 4.11. The highest BCUT2D eigenvalue weighted by atomic mass is 16.5. The lowest BCUT2D eigenvalue weighted by Gasteiger charge is -2.26. The van der Waals surface area contributed by atoms with E-state index in [9.17, 15) is 9.90 Å². The smallest absolute Gasteiger partial charge is 0.302 e. The van der Waals surface area contributed by atoms with Crippen LogP contribution < -0.4 is 5.73 Å². The van der Waals surface area contributed by atoms with Crippen LogP contribution in [0.3, 0.4) is 0 Å². The third-order valence-electron chi connectivity index (χ3n) is 3.31. The summed E-state index contributed by atoms with van der Waals surface area (Å²) in [7, 11) is 1.35. The van der Waals surface area contributed by atoms with Crippen molar-refractivity contribution >= 4 is 11.7 Å². The molecule has 5 nitrogen and oxygen atoms in total. The Morgan fingerprint density at radius 3 is 2.47 bits per heavy atom. The first-order valence-electron chi connectivity index (χ1n) is 6.46. The number of anilines is 1. The molecule has 0 radical (unpaired) electrons. The van der Waals surface area contributed by atoms with Crippen molar-refractivity contribution in [3.05, 3.63) is 24.0 Å². The molecule has 2 rings (SSSR count). The number of pyridine rings is 1. The van der Waals surface area contributed by atoms with Crippen LogP contribution in [0.1, 0.15) is 44.1 Å². The van der Waals surface area contributed by atoms with Gasteiger partial charge in [-0.2, -0.15) is 0 Å². The van der Waals surface area contributed by atoms with Gasteiger partial charge in [0.25, 0.3) is 0 Å². The standard InChI is InChI=1S/C11H16N2O.C3H6O2/c12-11-7-13-6-5-10(11)8-1-3-9(14)4-2-8;1-3(4)5-2/h5-9,14H,1-4,12H2;1-2H3. The lowest BCUT2D eigenvalue weighted by atomic mass is 9.82. The molecule has 0 atom stereocenters. The number of nitrogens with zero attached hydrogens (tertiary/aromatic N) is 1. The van der Waals surface area contributed by atoms with Gasteiger partial charge in [0.1, 0.15) is 0 Å². The normalized spacial score (nSPS) is 22.1. The van der Waals surface area contributed by atoms with Crippen LogP contribution in [-0.4, -0.2) is 29.3 Å². The van der Waals surface area contributed by atoms with Crippen molar-refractivity contribution in [1.29, 1.82) is 0 Å². The third-order valence-corrected chi connectivity index (χ3v) is 3.31. The molecule has 1 fully saturated rings. The minimum atomic E-state index is -0.245. The van der Waals surface area contributed by atoms with Crippen molar-refractivity contribution in [3.8, 4) is 0 Å².